The minimum Gasteiger partial charge on any atom is -0.351 e. The summed E-state index contributed by atoms with van der Waals surface area (Å²) in [7, 11) is 0. The number of nitrogens with one attached hydrogen (secondary N) is 3. The molecule has 1 aliphatic heterocycles. The van der Waals surface area contributed by atoms with Gasteiger partial charge in [-0.3, -0.25) is 19.5 Å². The summed E-state index contributed by atoms with van der Waals surface area (Å²) in [5.74, 6) is 0.156. The standard InChI is InChI=1S/C28H32N6O3S/c1-5-22(35)32-19-8-6-7-17(19)13-31-26(36)25-24-23-20(9-10-29-27(23)38-25)34(28(37)33-24)21-14-30-18(11-15(2)3)12-16(21)4/h5,9-10,12,14-15,17,19H,1,6-8,11,13H2,2-4H3,(H,31,36)(H,32,35)(H,33,37)/t17-,19-/m0/s1. The summed E-state index contributed by atoms with van der Waals surface area (Å²) in [5, 5.41) is 9.67. The summed E-state index contributed by atoms with van der Waals surface area (Å²) >= 11 is 1.26. The quantitative estimate of drug-likeness (QED) is 0.350. The number of nitrogens with zero attached hydrogens (tertiary/aromatic N) is 3. The Bertz CT molecular complexity index is 1430. The maximum atomic E-state index is 13.4. The molecule has 0 spiro atoms. The SMILES string of the molecule is C=CC(=O)N[C@H]1CCC[C@H]1CNC(=O)c1sc2nccc3c2c1NC(=O)N3c1cnc(CC(C)C)cc1C. The van der Waals surface area contributed by atoms with Crippen molar-refractivity contribution in [3.8, 4) is 0 Å². The minimum absolute atomic E-state index is 0.00636. The molecule has 0 unspecified atom stereocenters. The Labute approximate surface area is 225 Å². The number of hydrogen-bond acceptors (Lipinski definition) is 6. The van der Waals surface area contributed by atoms with Gasteiger partial charge in [0.15, 0.2) is 0 Å². The molecular formula is C28H32N6O3S. The zero-order chi connectivity index (χ0) is 27.0. The van der Waals surface area contributed by atoms with Crippen molar-refractivity contribution in [3.63, 3.8) is 0 Å². The molecule has 0 bridgehead atoms. The van der Waals surface area contributed by atoms with Crippen LogP contribution in [0.3, 0.4) is 0 Å². The van der Waals surface area contributed by atoms with Crippen LogP contribution in [-0.4, -0.2) is 40.4 Å². The fourth-order valence-corrected chi connectivity index (χ4v) is 6.41. The number of urea groups is 1. The maximum absolute atomic E-state index is 13.4. The van der Waals surface area contributed by atoms with E-state index in [9.17, 15) is 14.4 Å². The van der Waals surface area contributed by atoms with E-state index in [0.29, 0.717) is 39.2 Å². The van der Waals surface area contributed by atoms with Gasteiger partial charge in [-0.15, -0.1) is 11.3 Å². The Balaban J connectivity index is 1.41. The van der Waals surface area contributed by atoms with Gasteiger partial charge in [0, 0.05) is 24.5 Å². The second-order valence-corrected chi connectivity index (χ2v) is 11.4. The molecule has 3 aromatic heterocycles. The number of thiophene rings is 1. The largest absolute Gasteiger partial charge is 0.351 e. The van der Waals surface area contributed by atoms with Crippen molar-refractivity contribution in [1.82, 2.24) is 20.6 Å². The van der Waals surface area contributed by atoms with Crippen LogP contribution < -0.4 is 20.9 Å². The first-order valence-corrected chi connectivity index (χ1v) is 13.8. The van der Waals surface area contributed by atoms with E-state index in [1.807, 2.05) is 13.0 Å². The number of aryl methyl sites for hydroxylation is 1. The molecule has 4 heterocycles. The molecule has 10 heteroatoms. The van der Waals surface area contributed by atoms with Crippen molar-refractivity contribution >= 4 is 56.5 Å². The van der Waals surface area contributed by atoms with Crippen molar-refractivity contribution in [2.24, 2.45) is 11.8 Å². The predicted molar refractivity (Wildman–Crippen MR) is 150 cm³/mol. The number of hydrogen-bond donors (Lipinski definition) is 3. The lowest BCUT2D eigenvalue weighted by molar-refractivity contribution is -0.117. The Hall–Kier alpha value is -3.79. The lowest BCUT2D eigenvalue weighted by Gasteiger charge is -2.29. The van der Waals surface area contributed by atoms with Gasteiger partial charge in [0.05, 0.1) is 28.6 Å². The van der Waals surface area contributed by atoms with Crippen molar-refractivity contribution in [2.45, 2.75) is 52.5 Å². The van der Waals surface area contributed by atoms with Crippen LogP contribution in [0.4, 0.5) is 21.9 Å². The molecule has 2 aliphatic rings. The molecule has 4 amide bonds. The summed E-state index contributed by atoms with van der Waals surface area (Å²) in [6.07, 6.45) is 8.32. The molecule has 0 aromatic carbocycles. The third kappa shape index (κ3) is 4.88. The second kappa shape index (κ2) is 10.5. The number of aromatic nitrogens is 2. The number of anilines is 3. The normalized spacial score (nSPS) is 18.5. The van der Waals surface area contributed by atoms with Crippen LogP contribution in [0.1, 0.15) is 54.0 Å². The molecule has 3 aromatic rings. The van der Waals surface area contributed by atoms with Gasteiger partial charge in [0.25, 0.3) is 5.91 Å². The van der Waals surface area contributed by atoms with Gasteiger partial charge in [0.1, 0.15) is 9.71 Å². The van der Waals surface area contributed by atoms with Gasteiger partial charge in [-0.2, -0.15) is 0 Å². The van der Waals surface area contributed by atoms with Crippen LogP contribution in [-0.2, 0) is 11.2 Å². The predicted octanol–water partition coefficient (Wildman–Crippen LogP) is 5.08. The van der Waals surface area contributed by atoms with E-state index in [1.165, 1.54) is 17.4 Å². The monoisotopic (exact) mass is 532 g/mol. The van der Waals surface area contributed by atoms with Crippen LogP contribution in [0.15, 0.2) is 37.2 Å². The molecule has 3 N–H and O–H groups in total. The molecule has 1 fully saturated rings. The second-order valence-electron chi connectivity index (χ2n) is 10.4. The molecule has 1 aliphatic carbocycles. The van der Waals surface area contributed by atoms with Crippen LogP contribution in [0.25, 0.3) is 10.2 Å². The number of pyridine rings is 2. The molecule has 9 nitrogen and oxygen atoms in total. The van der Waals surface area contributed by atoms with Crippen LogP contribution in [0.2, 0.25) is 0 Å². The van der Waals surface area contributed by atoms with E-state index in [-0.39, 0.29) is 29.8 Å². The van der Waals surface area contributed by atoms with Crippen LogP contribution in [0.5, 0.6) is 0 Å². The first-order chi connectivity index (χ1) is 18.3. The highest BCUT2D eigenvalue weighted by molar-refractivity contribution is 7.21. The summed E-state index contributed by atoms with van der Waals surface area (Å²) in [5.41, 5.74) is 3.79. The van der Waals surface area contributed by atoms with E-state index in [0.717, 1.165) is 42.3 Å². The molecular weight excluding hydrogens is 500 g/mol. The number of carbonyl (C=O) groups is 3. The van der Waals surface area contributed by atoms with Crippen molar-refractivity contribution in [1.29, 1.82) is 0 Å². The zero-order valence-corrected chi connectivity index (χ0v) is 22.7. The Morgan fingerprint density at radius 3 is 2.84 bits per heavy atom. The van der Waals surface area contributed by atoms with E-state index in [1.54, 1.807) is 23.4 Å². The zero-order valence-electron chi connectivity index (χ0n) is 21.8. The van der Waals surface area contributed by atoms with Gasteiger partial charge >= 0.3 is 6.03 Å². The van der Waals surface area contributed by atoms with E-state index >= 15 is 0 Å². The molecule has 38 heavy (non-hydrogen) atoms. The molecule has 5 rings (SSSR count). The summed E-state index contributed by atoms with van der Waals surface area (Å²) in [6.45, 7) is 10.2. The van der Waals surface area contributed by atoms with Gasteiger partial charge in [-0.1, -0.05) is 26.8 Å². The topological polar surface area (TPSA) is 116 Å². The summed E-state index contributed by atoms with van der Waals surface area (Å²) < 4.78 is 0. The van der Waals surface area contributed by atoms with Crippen molar-refractivity contribution in [2.75, 3.05) is 16.8 Å². The average Bonchev–Trinajstić information content (AvgIpc) is 3.48. The van der Waals surface area contributed by atoms with E-state index in [4.69, 9.17) is 0 Å². The highest BCUT2D eigenvalue weighted by Crippen LogP contribution is 2.46. The van der Waals surface area contributed by atoms with Gasteiger partial charge in [-0.05, 0) is 61.8 Å². The fraction of sp³-hybridized carbons (Fsp3) is 0.393. The highest BCUT2D eigenvalue weighted by Gasteiger charge is 2.34. The molecule has 198 valence electrons. The van der Waals surface area contributed by atoms with Crippen molar-refractivity contribution < 1.29 is 14.4 Å². The lowest BCUT2D eigenvalue weighted by atomic mass is 10.0. The van der Waals surface area contributed by atoms with Crippen LogP contribution in [0, 0.1) is 18.8 Å². The highest BCUT2D eigenvalue weighted by atomic mass is 32.1. The molecule has 0 radical (unpaired) electrons. The first-order valence-electron chi connectivity index (χ1n) is 13.0. The fourth-order valence-electron chi connectivity index (χ4n) is 5.37. The van der Waals surface area contributed by atoms with Gasteiger partial charge in [-0.25, -0.2) is 9.78 Å². The number of rotatable bonds is 8. The maximum Gasteiger partial charge on any atom is 0.331 e. The summed E-state index contributed by atoms with van der Waals surface area (Å²) in [6, 6.07) is 3.48. The molecule has 0 saturated heterocycles. The number of amides is 4. The first kappa shape index (κ1) is 25.8. The third-order valence-electron chi connectivity index (χ3n) is 7.15. The Morgan fingerprint density at radius 2 is 2.11 bits per heavy atom. The Kier molecular flexibility index (Phi) is 7.16. The average molecular weight is 533 g/mol. The van der Waals surface area contributed by atoms with Crippen molar-refractivity contribution in [3.05, 3.63) is 53.3 Å². The van der Waals surface area contributed by atoms with E-state index in [2.05, 4.69) is 46.3 Å². The summed E-state index contributed by atoms with van der Waals surface area (Å²) in [4.78, 5) is 50.3. The van der Waals surface area contributed by atoms with Crippen LogP contribution >= 0.6 is 11.3 Å². The third-order valence-corrected chi connectivity index (χ3v) is 8.24. The smallest absolute Gasteiger partial charge is 0.331 e. The number of carbonyl (C=O) groups excluding carboxylic acids is 3. The van der Waals surface area contributed by atoms with Gasteiger partial charge in [0.2, 0.25) is 5.91 Å². The Morgan fingerprint density at radius 1 is 1.29 bits per heavy atom. The molecule has 2 atom stereocenters. The van der Waals surface area contributed by atoms with E-state index < -0.39 is 0 Å². The minimum atomic E-state index is -0.345. The van der Waals surface area contributed by atoms with Gasteiger partial charge < -0.3 is 16.0 Å². The lowest BCUT2D eigenvalue weighted by Crippen LogP contribution is -2.41. The molecule has 1 saturated carbocycles.